The Morgan fingerprint density at radius 1 is 0.704 bits per heavy atom. The lowest BCUT2D eigenvalue weighted by Gasteiger charge is -2.36. The summed E-state index contributed by atoms with van der Waals surface area (Å²) in [6.45, 7) is 11.4. The van der Waals surface area contributed by atoms with E-state index in [-0.39, 0.29) is 19.8 Å². The van der Waals surface area contributed by atoms with E-state index in [1.807, 2.05) is 13.8 Å². The Hall–Kier alpha value is -1.59. The van der Waals surface area contributed by atoms with Crippen LogP contribution >= 0.6 is 0 Å². The number of rotatable bonds is 14. The second-order valence-corrected chi connectivity index (χ2v) is 7.36. The minimum Gasteiger partial charge on any atom is -0.466 e. The first kappa shape index (κ1) is 25.4. The number of carbonyl (C=O) groups is 3. The van der Waals surface area contributed by atoms with Gasteiger partial charge in [-0.15, -0.1) is 0 Å². The van der Waals surface area contributed by atoms with Crippen LogP contribution in [0.4, 0.5) is 0 Å². The van der Waals surface area contributed by atoms with Crippen LogP contribution in [0.3, 0.4) is 0 Å². The fourth-order valence-corrected chi connectivity index (χ4v) is 3.31. The lowest BCUT2D eigenvalue weighted by atomic mass is 9.69. The van der Waals surface area contributed by atoms with Crippen LogP contribution in [0.25, 0.3) is 0 Å². The number of hydrogen-bond acceptors (Lipinski definition) is 6. The van der Waals surface area contributed by atoms with Crippen molar-refractivity contribution in [2.45, 2.75) is 80.1 Å². The molecule has 0 saturated heterocycles. The SMILES string of the molecule is CCCCCCCC(C)(C)C(C(=O)OCC)C(C(=O)OCC)C(=O)OCC. The summed E-state index contributed by atoms with van der Waals surface area (Å²) in [5.74, 6) is -4.26. The summed E-state index contributed by atoms with van der Waals surface area (Å²) in [6, 6.07) is 0. The molecule has 158 valence electrons. The first-order valence-electron chi connectivity index (χ1n) is 10.3. The molecule has 6 nitrogen and oxygen atoms in total. The van der Waals surface area contributed by atoms with Gasteiger partial charge in [0.05, 0.1) is 25.7 Å². The van der Waals surface area contributed by atoms with Crippen molar-refractivity contribution in [1.29, 1.82) is 0 Å². The van der Waals surface area contributed by atoms with Gasteiger partial charge in [0.25, 0.3) is 0 Å². The molecule has 0 bridgehead atoms. The zero-order chi connectivity index (χ0) is 20.9. The van der Waals surface area contributed by atoms with Crippen LogP contribution in [0.2, 0.25) is 0 Å². The van der Waals surface area contributed by atoms with Gasteiger partial charge in [0.15, 0.2) is 5.92 Å². The normalized spacial score (nSPS) is 12.6. The molecule has 0 amide bonds. The lowest BCUT2D eigenvalue weighted by Crippen LogP contribution is -2.46. The van der Waals surface area contributed by atoms with E-state index in [2.05, 4.69) is 6.92 Å². The summed E-state index contributed by atoms with van der Waals surface area (Å²) in [5.41, 5.74) is -0.608. The maximum Gasteiger partial charge on any atom is 0.321 e. The van der Waals surface area contributed by atoms with Crippen LogP contribution < -0.4 is 0 Å². The lowest BCUT2D eigenvalue weighted by molar-refractivity contribution is -0.176. The molecule has 1 unspecified atom stereocenters. The molecule has 0 saturated carbocycles. The number of carbonyl (C=O) groups excluding carboxylic acids is 3. The first-order valence-corrected chi connectivity index (χ1v) is 10.3. The third-order valence-corrected chi connectivity index (χ3v) is 4.72. The fraction of sp³-hybridized carbons (Fsp3) is 0.857. The maximum atomic E-state index is 12.7. The minimum atomic E-state index is -1.31. The van der Waals surface area contributed by atoms with E-state index in [0.717, 1.165) is 25.7 Å². The predicted molar refractivity (Wildman–Crippen MR) is 104 cm³/mol. The molecule has 0 aromatic carbocycles. The standard InChI is InChI=1S/C21H38O6/c1-7-11-12-13-14-15-21(5,6)17(20(24)27-10-4)16(18(22)25-8-2)19(23)26-9-3/h16-17H,7-15H2,1-6H3. The van der Waals surface area contributed by atoms with Crippen molar-refractivity contribution >= 4 is 17.9 Å². The van der Waals surface area contributed by atoms with Gasteiger partial charge in [-0.05, 0) is 32.6 Å². The zero-order valence-electron chi connectivity index (χ0n) is 18.0. The summed E-state index contributed by atoms with van der Waals surface area (Å²) >= 11 is 0. The molecule has 0 rings (SSSR count). The van der Waals surface area contributed by atoms with Gasteiger partial charge in [0, 0.05) is 0 Å². The smallest absolute Gasteiger partial charge is 0.321 e. The topological polar surface area (TPSA) is 78.9 Å². The van der Waals surface area contributed by atoms with Gasteiger partial charge in [0.2, 0.25) is 0 Å². The summed E-state index contributed by atoms with van der Waals surface area (Å²) in [5, 5.41) is 0. The average molecular weight is 387 g/mol. The van der Waals surface area contributed by atoms with Crippen LogP contribution in [0.1, 0.15) is 80.1 Å². The highest BCUT2D eigenvalue weighted by molar-refractivity contribution is 5.99. The molecule has 0 aromatic heterocycles. The van der Waals surface area contributed by atoms with E-state index in [1.54, 1.807) is 20.8 Å². The van der Waals surface area contributed by atoms with Crippen molar-refractivity contribution in [1.82, 2.24) is 0 Å². The number of hydrogen-bond donors (Lipinski definition) is 0. The molecule has 0 N–H and O–H groups in total. The van der Waals surface area contributed by atoms with Crippen LogP contribution in [0, 0.1) is 17.3 Å². The Morgan fingerprint density at radius 3 is 1.59 bits per heavy atom. The molecule has 0 spiro atoms. The van der Waals surface area contributed by atoms with Crippen LogP contribution in [0.15, 0.2) is 0 Å². The van der Waals surface area contributed by atoms with E-state index in [0.29, 0.717) is 6.42 Å². The van der Waals surface area contributed by atoms with Gasteiger partial charge < -0.3 is 14.2 Å². The Bertz CT molecular complexity index is 440. The number of unbranched alkanes of at least 4 members (excludes halogenated alkanes) is 4. The Kier molecular flexibility index (Phi) is 12.8. The van der Waals surface area contributed by atoms with Gasteiger partial charge in [-0.2, -0.15) is 0 Å². The molecule has 0 aliphatic heterocycles. The van der Waals surface area contributed by atoms with Crippen LogP contribution in [-0.4, -0.2) is 37.7 Å². The molecular formula is C21H38O6. The summed E-state index contributed by atoms with van der Waals surface area (Å²) in [6.07, 6.45) is 6.14. The van der Waals surface area contributed by atoms with Crippen LogP contribution in [-0.2, 0) is 28.6 Å². The van der Waals surface area contributed by atoms with E-state index in [1.165, 1.54) is 6.42 Å². The Labute approximate surface area is 164 Å². The highest BCUT2D eigenvalue weighted by Crippen LogP contribution is 2.39. The molecule has 0 heterocycles. The first-order chi connectivity index (χ1) is 12.8. The van der Waals surface area contributed by atoms with E-state index in [4.69, 9.17) is 14.2 Å². The van der Waals surface area contributed by atoms with Crippen molar-refractivity contribution in [3.63, 3.8) is 0 Å². The molecule has 27 heavy (non-hydrogen) atoms. The fourth-order valence-electron chi connectivity index (χ4n) is 3.31. The molecular weight excluding hydrogens is 348 g/mol. The molecule has 1 atom stereocenters. The third kappa shape index (κ3) is 8.76. The van der Waals surface area contributed by atoms with Gasteiger partial charge >= 0.3 is 17.9 Å². The largest absolute Gasteiger partial charge is 0.466 e. The summed E-state index contributed by atoms with van der Waals surface area (Å²) < 4.78 is 15.4. The highest BCUT2D eigenvalue weighted by Gasteiger charge is 2.50. The molecule has 0 radical (unpaired) electrons. The van der Waals surface area contributed by atoms with Crippen molar-refractivity contribution in [2.75, 3.05) is 19.8 Å². The molecule has 0 aliphatic rings. The second-order valence-electron chi connectivity index (χ2n) is 7.36. The summed E-state index contributed by atoms with van der Waals surface area (Å²) in [4.78, 5) is 37.8. The van der Waals surface area contributed by atoms with Crippen molar-refractivity contribution in [3.8, 4) is 0 Å². The Morgan fingerprint density at radius 2 is 1.15 bits per heavy atom. The Balaban J connectivity index is 5.60. The molecule has 0 aromatic rings. The zero-order valence-corrected chi connectivity index (χ0v) is 18.0. The van der Waals surface area contributed by atoms with Crippen molar-refractivity contribution in [2.24, 2.45) is 17.3 Å². The molecule has 6 heteroatoms. The average Bonchev–Trinajstić information content (AvgIpc) is 2.59. The van der Waals surface area contributed by atoms with Gasteiger partial charge in [-0.1, -0.05) is 52.9 Å². The van der Waals surface area contributed by atoms with E-state index < -0.39 is 35.2 Å². The van der Waals surface area contributed by atoms with E-state index >= 15 is 0 Å². The quantitative estimate of drug-likeness (QED) is 0.192. The monoisotopic (exact) mass is 386 g/mol. The summed E-state index contributed by atoms with van der Waals surface area (Å²) in [7, 11) is 0. The maximum absolute atomic E-state index is 12.7. The minimum absolute atomic E-state index is 0.127. The molecule has 0 aliphatic carbocycles. The van der Waals surface area contributed by atoms with Gasteiger partial charge in [0.1, 0.15) is 0 Å². The highest BCUT2D eigenvalue weighted by atomic mass is 16.6. The van der Waals surface area contributed by atoms with Gasteiger partial charge in [-0.3, -0.25) is 14.4 Å². The van der Waals surface area contributed by atoms with Gasteiger partial charge in [-0.25, -0.2) is 0 Å². The second kappa shape index (κ2) is 13.6. The molecule has 0 fully saturated rings. The number of esters is 3. The van der Waals surface area contributed by atoms with Crippen molar-refractivity contribution < 1.29 is 28.6 Å². The van der Waals surface area contributed by atoms with Crippen molar-refractivity contribution in [3.05, 3.63) is 0 Å². The van der Waals surface area contributed by atoms with E-state index in [9.17, 15) is 14.4 Å². The predicted octanol–water partition coefficient (Wildman–Crippen LogP) is 4.29. The third-order valence-electron chi connectivity index (χ3n) is 4.72. The van der Waals surface area contributed by atoms with Crippen LogP contribution in [0.5, 0.6) is 0 Å². The number of ether oxygens (including phenoxy) is 3.